The number of aromatic nitrogens is 3. The third-order valence-corrected chi connectivity index (χ3v) is 4.57. The fourth-order valence-corrected chi connectivity index (χ4v) is 3.11. The number of aryl methyl sites for hydroxylation is 1. The topological polar surface area (TPSA) is 98.4 Å². The van der Waals surface area contributed by atoms with Gasteiger partial charge in [0.1, 0.15) is 17.2 Å². The summed E-state index contributed by atoms with van der Waals surface area (Å²) in [7, 11) is 1.57. The van der Waals surface area contributed by atoms with Crippen LogP contribution in [0.5, 0.6) is 11.5 Å². The van der Waals surface area contributed by atoms with E-state index in [9.17, 15) is 27.9 Å². The van der Waals surface area contributed by atoms with Gasteiger partial charge in [0.05, 0.1) is 11.1 Å². The molecule has 0 fully saturated rings. The van der Waals surface area contributed by atoms with Gasteiger partial charge in [-0.25, -0.2) is 0 Å². The molecule has 164 valence electrons. The molecule has 0 atom stereocenters. The van der Waals surface area contributed by atoms with Gasteiger partial charge in [0.15, 0.2) is 5.82 Å². The smallest absolute Gasteiger partial charge is 0.508 e. The molecular formula is C21H15F3N4O4. The normalized spacial score (nSPS) is 11.5. The van der Waals surface area contributed by atoms with Crippen molar-refractivity contribution < 1.29 is 23.0 Å². The number of nitrogens with zero attached hydrogens (tertiary/aromatic N) is 3. The van der Waals surface area contributed by atoms with Gasteiger partial charge in [-0.2, -0.15) is 4.68 Å². The van der Waals surface area contributed by atoms with Gasteiger partial charge in [0.25, 0.3) is 11.1 Å². The molecule has 0 aliphatic carbocycles. The number of anilines is 2. The SMILES string of the molecule is Cn1cccc(Nc2nn(-c3ccc(OC(F)(F)F)cc3)c(=O)c3cc(O)ccc23)c1=O. The second-order valence-corrected chi connectivity index (χ2v) is 6.80. The molecule has 0 aliphatic heterocycles. The minimum atomic E-state index is -4.85. The zero-order valence-corrected chi connectivity index (χ0v) is 16.4. The highest BCUT2D eigenvalue weighted by atomic mass is 19.4. The first kappa shape index (κ1) is 21.0. The summed E-state index contributed by atoms with van der Waals surface area (Å²) in [6, 6.07) is 11.8. The molecule has 2 N–H and O–H groups in total. The Morgan fingerprint density at radius 3 is 2.41 bits per heavy atom. The largest absolute Gasteiger partial charge is 0.573 e. The Bertz CT molecular complexity index is 1430. The highest BCUT2D eigenvalue weighted by molar-refractivity contribution is 5.93. The standard InChI is InChI=1S/C21H15F3N4O4/c1-27-10-2-3-17(20(27)31)25-18-15-9-6-13(29)11-16(15)19(30)28(26-18)12-4-7-14(8-5-12)32-21(22,23)24/h2-11,29H,1H3,(H,25,26). The number of hydrogen-bond acceptors (Lipinski definition) is 6. The molecule has 2 aromatic carbocycles. The third kappa shape index (κ3) is 4.13. The van der Waals surface area contributed by atoms with Crippen LogP contribution in [-0.2, 0) is 7.05 Å². The Hall–Kier alpha value is -4.28. The number of ether oxygens (including phenoxy) is 1. The molecule has 0 amide bonds. The number of aromatic hydroxyl groups is 1. The number of phenolic OH excluding ortho intramolecular Hbond substituents is 1. The number of phenols is 1. The maximum atomic E-state index is 13.0. The van der Waals surface area contributed by atoms with E-state index in [1.54, 1.807) is 19.3 Å². The molecule has 2 heterocycles. The second-order valence-electron chi connectivity index (χ2n) is 6.80. The van der Waals surface area contributed by atoms with E-state index >= 15 is 0 Å². The number of nitrogens with one attached hydrogen (secondary N) is 1. The van der Waals surface area contributed by atoms with Gasteiger partial charge in [0, 0.05) is 18.6 Å². The van der Waals surface area contributed by atoms with Crippen LogP contribution in [0, 0.1) is 0 Å². The highest BCUT2D eigenvalue weighted by Gasteiger charge is 2.31. The van der Waals surface area contributed by atoms with E-state index in [1.165, 1.54) is 41.0 Å². The molecule has 11 heteroatoms. The van der Waals surface area contributed by atoms with E-state index in [4.69, 9.17) is 0 Å². The van der Waals surface area contributed by atoms with Crippen molar-refractivity contribution in [1.29, 1.82) is 0 Å². The number of hydrogen-bond donors (Lipinski definition) is 2. The van der Waals surface area contributed by atoms with E-state index < -0.39 is 17.7 Å². The summed E-state index contributed by atoms with van der Waals surface area (Å²) < 4.78 is 43.4. The van der Waals surface area contributed by atoms with Crippen LogP contribution in [0.25, 0.3) is 16.5 Å². The second kappa shape index (κ2) is 7.76. The number of alkyl halides is 3. The van der Waals surface area contributed by atoms with E-state index in [-0.39, 0.29) is 33.9 Å². The monoisotopic (exact) mass is 444 g/mol. The fourth-order valence-electron chi connectivity index (χ4n) is 3.11. The zero-order chi connectivity index (χ0) is 23.0. The molecule has 0 radical (unpaired) electrons. The van der Waals surface area contributed by atoms with Crippen LogP contribution in [0.4, 0.5) is 24.7 Å². The predicted octanol–water partition coefficient (Wildman–Crippen LogP) is 3.43. The highest BCUT2D eigenvalue weighted by Crippen LogP contribution is 2.26. The number of pyridine rings is 1. The molecule has 0 aliphatic rings. The Balaban J connectivity index is 1.86. The van der Waals surface area contributed by atoms with Crippen LogP contribution < -0.4 is 21.2 Å². The lowest BCUT2D eigenvalue weighted by Crippen LogP contribution is -2.24. The van der Waals surface area contributed by atoms with Crippen molar-refractivity contribution in [1.82, 2.24) is 14.3 Å². The van der Waals surface area contributed by atoms with E-state index in [2.05, 4.69) is 15.2 Å². The molecule has 0 bridgehead atoms. The lowest BCUT2D eigenvalue weighted by Gasteiger charge is -2.14. The van der Waals surface area contributed by atoms with Crippen molar-refractivity contribution >= 4 is 22.3 Å². The van der Waals surface area contributed by atoms with Gasteiger partial charge in [-0.3, -0.25) is 9.59 Å². The van der Waals surface area contributed by atoms with E-state index in [1.807, 2.05) is 0 Å². The molecule has 4 rings (SSSR count). The van der Waals surface area contributed by atoms with E-state index in [0.717, 1.165) is 16.8 Å². The molecule has 8 nitrogen and oxygen atoms in total. The molecule has 0 saturated heterocycles. The van der Waals surface area contributed by atoms with Crippen LogP contribution in [0.3, 0.4) is 0 Å². The van der Waals surface area contributed by atoms with Crippen LogP contribution in [-0.4, -0.2) is 25.8 Å². The molecule has 0 spiro atoms. The number of fused-ring (bicyclic) bond motifs is 1. The van der Waals surface area contributed by atoms with Crippen molar-refractivity contribution in [3.8, 4) is 17.2 Å². The summed E-state index contributed by atoms with van der Waals surface area (Å²) >= 11 is 0. The number of benzene rings is 2. The molecule has 0 saturated carbocycles. The summed E-state index contributed by atoms with van der Waals surface area (Å²) in [4.78, 5) is 25.4. The van der Waals surface area contributed by atoms with Gasteiger partial charge < -0.3 is 19.7 Å². The average Bonchev–Trinajstić information content (AvgIpc) is 2.73. The van der Waals surface area contributed by atoms with Crippen LogP contribution in [0.15, 0.2) is 70.4 Å². The minimum absolute atomic E-state index is 0.0888. The maximum Gasteiger partial charge on any atom is 0.573 e. The molecule has 4 aromatic rings. The molecular weight excluding hydrogens is 429 g/mol. The third-order valence-electron chi connectivity index (χ3n) is 4.57. The lowest BCUT2D eigenvalue weighted by molar-refractivity contribution is -0.274. The van der Waals surface area contributed by atoms with Gasteiger partial charge in [-0.1, -0.05) is 0 Å². The first-order valence-electron chi connectivity index (χ1n) is 9.17. The number of rotatable bonds is 4. The Morgan fingerprint density at radius 2 is 1.72 bits per heavy atom. The maximum absolute atomic E-state index is 13.0. The molecule has 32 heavy (non-hydrogen) atoms. The Kier molecular flexibility index (Phi) is 5.09. The van der Waals surface area contributed by atoms with Crippen LogP contribution in [0.1, 0.15) is 0 Å². The summed E-state index contributed by atoms with van der Waals surface area (Å²) in [5.41, 5.74) is -0.616. The average molecular weight is 444 g/mol. The van der Waals surface area contributed by atoms with Gasteiger partial charge >= 0.3 is 6.36 Å². The van der Waals surface area contributed by atoms with Crippen molar-refractivity contribution in [2.75, 3.05) is 5.32 Å². The van der Waals surface area contributed by atoms with Crippen molar-refractivity contribution in [3.63, 3.8) is 0 Å². The summed E-state index contributed by atoms with van der Waals surface area (Å²) in [5, 5.41) is 17.5. The lowest BCUT2D eigenvalue weighted by atomic mass is 10.1. The number of halogens is 3. The first-order valence-corrected chi connectivity index (χ1v) is 9.17. The Labute approximate surface area is 177 Å². The molecule has 0 unspecified atom stereocenters. The predicted molar refractivity (Wildman–Crippen MR) is 111 cm³/mol. The zero-order valence-electron chi connectivity index (χ0n) is 16.4. The van der Waals surface area contributed by atoms with Crippen LogP contribution in [0.2, 0.25) is 0 Å². The summed E-state index contributed by atoms with van der Waals surface area (Å²) in [6.07, 6.45) is -3.28. The minimum Gasteiger partial charge on any atom is -0.508 e. The van der Waals surface area contributed by atoms with Crippen molar-refractivity contribution in [2.45, 2.75) is 6.36 Å². The van der Waals surface area contributed by atoms with Crippen LogP contribution >= 0.6 is 0 Å². The fraction of sp³-hybridized carbons (Fsp3) is 0.0952. The van der Waals surface area contributed by atoms with Gasteiger partial charge in [-0.15, -0.1) is 18.3 Å². The van der Waals surface area contributed by atoms with Gasteiger partial charge in [-0.05, 0) is 54.6 Å². The van der Waals surface area contributed by atoms with E-state index in [0.29, 0.717) is 5.39 Å². The molecule has 2 aromatic heterocycles. The quantitative estimate of drug-likeness (QED) is 0.501. The summed E-state index contributed by atoms with van der Waals surface area (Å²) in [5.74, 6) is -0.486. The first-order chi connectivity index (χ1) is 15.1. The summed E-state index contributed by atoms with van der Waals surface area (Å²) in [6.45, 7) is 0. The van der Waals surface area contributed by atoms with Crippen molar-refractivity contribution in [2.24, 2.45) is 7.05 Å². The van der Waals surface area contributed by atoms with Crippen molar-refractivity contribution in [3.05, 3.63) is 81.5 Å². The Morgan fingerprint density at radius 1 is 1.00 bits per heavy atom. The van der Waals surface area contributed by atoms with Gasteiger partial charge in [0.2, 0.25) is 0 Å².